The molecule has 7 nitrogen and oxygen atoms in total. The summed E-state index contributed by atoms with van der Waals surface area (Å²) in [7, 11) is 5.57. The van der Waals surface area contributed by atoms with Crippen molar-refractivity contribution >= 4 is 22.5 Å². The van der Waals surface area contributed by atoms with E-state index in [-0.39, 0.29) is 12.1 Å². The summed E-state index contributed by atoms with van der Waals surface area (Å²) < 4.78 is 5.25. The molecular formula is C14H19N5O2S. The normalized spacial score (nSPS) is 12.0. The number of carbonyl (C=O) groups is 1. The van der Waals surface area contributed by atoms with Crippen molar-refractivity contribution < 1.29 is 9.53 Å². The Morgan fingerprint density at radius 1 is 1.45 bits per heavy atom. The number of hydrogen-bond acceptors (Lipinski definition) is 6. The predicted octanol–water partition coefficient (Wildman–Crippen LogP) is 1.97. The van der Waals surface area contributed by atoms with Crippen molar-refractivity contribution in [3.05, 3.63) is 35.3 Å². The number of ether oxygens (including phenoxy) is 1. The van der Waals surface area contributed by atoms with Gasteiger partial charge in [0.1, 0.15) is 11.3 Å². The number of urea groups is 1. The van der Waals surface area contributed by atoms with Gasteiger partial charge in [-0.2, -0.15) is 0 Å². The number of nitrogens with zero attached hydrogens (tertiary/aromatic N) is 3. The Labute approximate surface area is 133 Å². The Morgan fingerprint density at radius 3 is 2.91 bits per heavy atom. The first-order valence-electron chi connectivity index (χ1n) is 6.71. The number of rotatable bonds is 6. The SMILES string of the molecule is COc1cccc(C(CNC(=O)Nc2nncs2)N(C)C)c1. The number of benzene rings is 1. The summed E-state index contributed by atoms with van der Waals surface area (Å²) in [5.41, 5.74) is 2.63. The molecule has 0 saturated heterocycles. The van der Waals surface area contributed by atoms with Gasteiger partial charge in [-0.15, -0.1) is 10.2 Å². The summed E-state index contributed by atoms with van der Waals surface area (Å²) in [5, 5.41) is 13.4. The Balaban J connectivity index is 1.98. The van der Waals surface area contributed by atoms with Crippen molar-refractivity contribution in [1.82, 2.24) is 20.4 Å². The average molecular weight is 321 g/mol. The third-order valence-corrected chi connectivity index (χ3v) is 3.75. The van der Waals surface area contributed by atoms with E-state index in [4.69, 9.17) is 4.74 Å². The maximum absolute atomic E-state index is 11.9. The molecule has 0 bridgehead atoms. The van der Waals surface area contributed by atoms with Crippen molar-refractivity contribution in [2.24, 2.45) is 0 Å². The highest BCUT2D eigenvalue weighted by Crippen LogP contribution is 2.22. The molecule has 1 atom stereocenters. The largest absolute Gasteiger partial charge is 0.497 e. The first kappa shape index (κ1) is 16.2. The van der Waals surface area contributed by atoms with Crippen molar-refractivity contribution in [2.45, 2.75) is 6.04 Å². The molecule has 0 spiro atoms. The van der Waals surface area contributed by atoms with E-state index in [1.54, 1.807) is 12.6 Å². The molecule has 0 fully saturated rings. The van der Waals surface area contributed by atoms with Crippen molar-refractivity contribution in [1.29, 1.82) is 0 Å². The molecule has 0 aliphatic heterocycles. The molecule has 0 aliphatic carbocycles. The molecule has 8 heteroatoms. The monoisotopic (exact) mass is 321 g/mol. The topological polar surface area (TPSA) is 79.4 Å². The lowest BCUT2D eigenvalue weighted by molar-refractivity contribution is 0.243. The number of likely N-dealkylation sites (N-methyl/N-ethyl adjacent to an activating group) is 1. The predicted molar refractivity (Wildman–Crippen MR) is 86.4 cm³/mol. The van der Waals surface area contributed by atoms with Gasteiger partial charge in [0.15, 0.2) is 0 Å². The molecular weight excluding hydrogens is 302 g/mol. The fraction of sp³-hybridized carbons (Fsp3) is 0.357. The van der Waals surface area contributed by atoms with Gasteiger partial charge in [-0.3, -0.25) is 5.32 Å². The Bertz CT molecular complexity index is 603. The molecule has 1 aromatic carbocycles. The van der Waals surface area contributed by atoms with Crippen molar-refractivity contribution in [3.8, 4) is 5.75 Å². The molecule has 2 amide bonds. The summed E-state index contributed by atoms with van der Waals surface area (Å²) >= 11 is 1.27. The molecule has 1 heterocycles. The van der Waals surface area contributed by atoms with Crippen LogP contribution in [0.3, 0.4) is 0 Å². The van der Waals surface area contributed by atoms with E-state index in [0.717, 1.165) is 11.3 Å². The number of carbonyl (C=O) groups excluding carboxylic acids is 1. The van der Waals surface area contributed by atoms with Gasteiger partial charge in [0, 0.05) is 6.54 Å². The van der Waals surface area contributed by atoms with Gasteiger partial charge in [0.2, 0.25) is 5.13 Å². The number of aromatic nitrogens is 2. The molecule has 1 unspecified atom stereocenters. The number of amides is 2. The molecule has 0 saturated carbocycles. The lowest BCUT2D eigenvalue weighted by atomic mass is 10.1. The van der Waals surface area contributed by atoms with Crippen LogP contribution in [0.5, 0.6) is 5.75 Å². The zero-order valence-electron chi connectivity index (χ0n) is 12.7. The van der Waals surface area contributed by atoms with Crippen molar-refractivity contribution in [2.75, 3.05) is 33.1 Å². The quantitative estimate of drug-likeness (QED) is 0.850. The maximum Gasteiger partial charge on any atom is 0.321 e. The lowest BCUT2D eigenvalue weighted by Gasteiger charge is -2.25. The van der Waals surface area contributed by atoms with Crippen LogP contribution in [0.2, 0.25) is 0 Å². The zero-order chi connectivity index (χ0) is 15.9. The van der Waals surface area contributed by atoms with Crippen LogP contribution < -0.4 is 15.4 Å². The third kappa shape index (κ3) is 4.40. The van der Waals surface area contributed by atoms with Crippen LogP contribution in [0.25, 0.3) is 0 Å². The van der Waals surface area contributed by atoms with E-state index >= 15 is 0 Å². The van der Waals surface area contributed by atoms with Gasteiger partial charge in [0.05, 0.1) is 13.2 Å². The fourth-order valence-corrected chi connectivity index (χ4v) is 2.45. The van der Waals surface area contributed by atoms with E-state index < -0.39 is 0 Å². The van der Waals surface area contributed by atoms with Gasteiger partial charge in [-0.05, 0) is 31.8 Å². The smallest absolute Gasteiger partial charge is 0.321 e. The highest BCUT2D eigenvalue weighted by atomic mass is 32.1. The van der Waals surface area contributed by atoms with Crippen LogP contribution in [0.4, 0.5) is 9.93 Å². The molecule has 1 aromatic heterocycles. The second kappa shape index (κ2) is 7.71. The van der Waals surface area contributed by atoms with Crippen molar-refractivity contribution in [3.63, 3.8) is 0 Å². The summed E-state index contributed by atoms with van der Waals surface area (Å²) in [4.78, 5) is 13.9. The number of hydrogen-bond donors (Lipinski definition) is 2. The van der Waals surface area contributed by atoms with Gasteiger partial charge < -0.3 is 15.0 Å². The third-order valence-electron chi connectivity index (χ3n) is 3.14. The first-order chi connectivity index (χ1) is 10.6. The summed E-state index contributed by atoms with van der Waals surface area (Å²) in [6.07, 6.45) is 0. The molecule has 2 rings (SSSR count). The Morgan fingerprint density at radius 2 is 2.27 bits per heavy atom. The van der Waals surface area contributed by atoms with E-state index in [1.165, 1.54) is 11.3 Å². The van der Waals surface area contributed by atoms with Crippen LogP contribution >= 0.6 is 11.3 Å². The van der Waals surface area contributed by atoms with Crippen LogP contribution in [0, 0.1) is 0 Å². The Kier molecular flexibility index (Phi) is 5.68. The van der Waals surface area contributed by atoms with Gasteiger partial charge in [-0.1, -0.05) is 23.5 Å². The lowest BCUT2D eigenvalue weighted by Crippen LogP contribution is -2.36. The molecule has 0 radical (unpaired) electrons. The fourth-order valence-electron chi connectivity index (χ4n) is 2.01. The highest BCUT2D eigenvalue weighted by molar-refractivity contribution is 7.13. The second-order valence-electron chi connectivity index (χ2n) is 4.83. The van der Waals surface area contributed by atoms with Crippen LogP contribution in [-0.2, 0) is 0 Å². The summed E-state index contributed by atoms with van der Waals surface area (Å²) in [5.74, 6) is 0.794. The van der Waals surface area contributed by atoms with Crippen LogP contribution in [-0.4, -0.2) is 48.9 Å². The number of nitrogens with one attached hydrogen (secondary N) is 2. The summed E-state index contributed by atoms with van der Waals surface area (Å²) in [6, 6.07) is 7.55. The van der Waals surface area contributed by atoms with Crippen LogP contribution in [0.15, 0.2) is 29.8 Å². The minimum atomic E-state index is -0.300. The molecule has 0 aliphatic rings. The number of anilines is 1. The van der Waals surface area contributed by atoms with Gasteiger partial charge in [0.25, 0.3) is 0 Å². The molecule has 22 heavy (non-hydrogen) atoms. The maximum atomic E-state index is 11.9. The average Bonchev–Trinajstić information content (AvgIpc) is 3.00. The molecule has 118 valence electrons. The zero-order valence-corrected chi connectivity index (χ0v) is 13.6. The van der Waals surface area contributed by atoms with E-state index in [2.05, 4.69) is 20.8 Å². The standard InChI is InChI=1S/C14H19N5O2S/c1-19(2)12(10-5-4-6-11(7-10)21-3)8-15-13(20)17-14-18-16-9-22-14/h4-7,9,12H,8H2,1-3H3,(H2,15,17,18,20). The minimum Gasteiger partial charge on any atom is -0.497 e. The number of methoxy groups -OCH3 is 1. The molecule has 2 N–H and O–H groups in total. The second-order valence-corrected chi connectivity index (χ2v) is 5.67. The Hall–Kier alpha value is -2.19. The van der Waals surface area contributed by atoms with E-state index in [0.29, 0.717) is 11.7 Å². The van der Waals surface area contributed by atoms with E-state index in [9.17, 15) is 4.79 Å². The molecule has 2 aromatic rings. The van der Waals surface area contributed by atoms with Gasteiger partial charge >= 0.3 is 6.03 Å². The van der Waals surface area contributed by atoms with Crippen LogP contribution in [0.1, 0.15) is 11.6 Å². The van der Waals surface area contributed by atoms with E-state index in [1.807, 2.05) is 43.3 Å². The summed E-state index contributed by atoms with van der Waals surface area (Å²) in [6.45, 7) is 0.463. The minimum absolute atomic E-state index is 0.0373. The van der Waals surface area contributed by atoms with Gasteiger partial charge in [-0.25, -0.2) is 4.79 Å². The highest BCUT2D eigenvalue weighted by Gasteiger charge is 2.16. The first-order valence-corrected chi connectivity index (χ1v) is 7.59.